The molecule has 1 saturated heterocycles. The number of carboxylic acids is 1. The van der Waals surface area contributed by atoms with Gasteiger partial charge in [0.1, 0.15) is 24.4 Å². The fourth-order valence-electron chi connectivity index (χ4n) is 6.41. The molecule has 1 aliphatic heterocycles. The quantitative estimate of drug-likeness (QED) is 0.0358. The summed E-state index contributed by atoms with van der Waals surface area (Å²) >= 11 is 0. The maximum Gasteiger partial charge on any atom is 0.407 e. The fraction of sp³-hybridized carbons (Fsp3) is 0.714. The maximum absolute atomic E-state index is 12.7. The van der Waals surface area contributed by atoms with Crippen LogP contribution in [0.1, 0.15) is 64.9 Å². The van der Waals surface area contributed by atoms with Crippen molar-refractivity contribution >= 4 is 29.8 Å². The lowest BCUT2D eigenvalue weighted by Crippen LogP contribution is -2.68. The Balaban J connectivity index is 1.27. The zero-order valence-corrected chi connectivity index (χ0v) is 38.3. The molecule has 2 aromatic rings. The van der Waals surface area contributed by atoms with E-state index in [1.54, 1.807) is 45.0 Å². The van der Waals surface area contributed by atoms with Gasteiger partial charge in [-0.3, -0.25) is 14.4 Å². The number of amides is 4. The van der Waals surface area contributed by atoms with Gasteiger partial charge in [-0.2, -0.15) is 5.21 Å². The summed E-state index contributed by atoms with van der Waals surface area (Å²) in [4.78, 5) is 61.1. The molecular weight excluding hydrogens is 889 g/mol. The highest BCUT2D eigenvalue weighted by Crippen LogP contribution is 2.34. The number of aliphatic hydroxyl groups is 4. The second-order valence-corrected chi connectivity index (χ2v) is 16.4. The van der Waals surface area contributed by atoms with Crippen LogP contribution in [0.5, 0.6) is 0 Å². The van der Waals surface area contributed by atoms with Crippen LogP contribution < -0.4 is 21.3 Å². The van der Waals surface area contributed by atoms with Gasteiger partial charge in [0.25, 0.3) is 5.79 Å². The first-order valence-corrected chi connectivity index (χ1v) is 22.2. The number of hydrogen-bond donors (Lipinski definition) is 10. The number of unbranched alkanes of at least 4 members (excludes halogenated alkanes) is 3. The van der Waals surface area contributed by atoms with Gasteiger partial charge in [-0.1, -0.05) is 37.1 Å². The van der Waals surface area contributed by atoms with Crippen molar-refractivity contribution in [3.05, 3.63) is 29.8 Å². The van der Waals surface area contributed by atoms with E-state index in [0.29, 0.717) is 102 Å². The molecule has 0 aliphatic carbocycles. The number of alkyl carbamates (subject to hydrolysis) is 1. The maximum atomic E-state index is 12.7. The monoisotopic (exact) mass is 956 g/mol. The molecule has 1 aromatic carbocycles. The third-order valence-corrected chi connectivity index (χ3v) is 9.76. The van der Waals surface area contributed by atoms with E-state index in [-0.39, 0.29) is 32.0 Å². The van der Waals surface area contributed by atoms with Crippen LogP contribution in [-0.2, 0) is 58.8 Å². The Labute approximate surface area is 388 Å². The zero-order valence-electron chi connectivity index (χ0n) is 38.3. The summed E-state index contributed by atoms with van der Waals surface area (Å²) in [5.41, 5.74) is 0.717. The van der Waals surface area contributed by atoms with Crippen molar-refractivity contribution in [2.75, 3.05) is 85.7 Å². The van der Waals surface area contributed by atoms with Crippen LogP contribution in [0.4, 0.5) is 4.79 Å². The van der Waals surface area contributed by atoms with E-state index in [9.17, 15) is 49.5 Å². The molecule has 4 amide bonds. The number of hydrogen-bond acceptors (Lipinski definition) is 19. The Bertz CT molecular complexity index is 1750. The fourth-order valence-corrected chi connectivity index (χ4v) is 6.41. The highest BCUT2D eigenvalue weighted by atomic mass is 16.7. The molecule has 1 aliphatic rings. The predicted octanol–water partition coefficient (Wildman–Crippen LogP) is -1.67. The van der Waals surface area contributed by atoms with Crippen molar-refractivity contribution in [1.29, 1.82) is 0 Å². The van der Waals surface area contributed by atoms with Crippen LogP contribution >= 0.6 is 0 Å². The number of aromatic amines is 1. The molecule has 0 bridgehead atoms. The average Bonchev–Trinajstić information content (AvgIpc) is 3.83. The van der Waals surface area contributed by atoms with E-state index < -0.39 is 85.3 Å². The lowest BCUT2D eigenvalue weighted by atomic mass is 9.88. The molecule has 67 heavy (non-hydrogen) atoms. The van der Waals surface area contributed by atoms with Gasteiger partial charge in [0.05, 0.1) is 84.1 Å². The number of aromatic nitrogens is 4. The van der Waals surface area contributed by atoms with Gasteiger partial charge in [-0.25, -0.2) is 9.59 Å². The third kappa shape index (κ3) is 22.1. The molecule has 0 spiro atoms. The van der Waals surface area contributed by atoms with Gasteiger partial charge < -0.3 is 80.0 Å². The molecule has 0 unspecified atom stereocenters. The molecule has 0 saturated carbocycles. The van der Waals surface area contributed by atoms with Crippen LogP contribution in [0, 0.1) is 0 Å². The van der Waals surface area contributed by atoms with E-state index in [0.717, 1.165) is 0 Å². The van der Waals surface area contributed by atoms with E-state index in [4.69, 9.17) is 33.2 Å². The van der Waals surface area contributed by atoms with Gasteiger partial charge in [0.2, 0.25) is 23.5 Å². The van der Waals surface area contributed by atoms with Gasteiger partial charge in [0.15, 0.2) is 0 Å². The number of aliphatic hydroxyl groups excluding tert-OH is 4. The number of carboxylic acid groups (broad SMARTS) is 1. The van der Waals surface area contributed by atoms with Crippen molar-refractivity contribution in [3.63, 3.8) is 0 Å². The number of carbonyl (C=O) groups is 5. The van der Waals surface area contributed by atoms with Crippen LogP contribution in [0.2, 0.25) is 0 Å². The minimum absolute atomic E-state index is 0.0967. The SMILES string of the molecule is CC(C)(C)OC(=O)NCCOCCOCCOCCOCCC(=O)NCCCCCCO[C@]1(C(=O)O)C[C@H](O)[C@@H](NC(=O)CO)[C@H]([C@H](O)[C@H](O)CNC(=O)Cc2ccc(-c3nn[nH]n3)cc2)O1. The van der Waals surface area contributed by atoms with E-state index in [1.165, 1.54) is 0 Å². The number of rotatable bonds is 33. The summed E-state index contributed by atoms with van der Waals surface area (Å²) in [5, 5.41) is 76.4. The molecule has 0 radical (unpaired) electrons. The number of ether oxygens (including phenoxy) is 7. The first-order valence-electron chi connectivity index (χ1n) is 22.2. The first kappa shape index (κ1) is 56.4. The van der Waals surface area contributed by atoms with E-state index >= 15 is 0 Å². The molecular formula is C42H68N8O17. The molecule has 25 nitrogen and oxygen atoms in total. The standard InChI is InChI=1S/C42H68N8O17/c1-41(2,3)67-40(60)44-14-17-62-19-21-64-23-22-63-20-18-61-16-12-32(54)43-13-6-4-5-7-15-65-42(39(58)59)25-30(52)35(46-34(56)27-51)37(66-42)36(57)31(53)26-45-33(55)24-28-8-10-29(11-9-28)38-47-49-50-48-38/h8-11,30-31,35-37,51-53,57H,4-7,12-27H2,1-3H3,(H,43,54)(H,44,60)(H,45,55)(H,46,56)(H,58,59)(H,47,48,49,50)/t30-,31+,35+,36+,37+,42+/m0/s1. The lowest BCUT2D eigenvalue weighted by Gasteiger charge is -2.46. The van der Waals surface area contributed by atoms with Crippen molar-refractivity contribution in [3.8, 4) is 11.4 Å². The number of aliphatic carboxylic acids is 1. The number of nitrogens with one attached hydrogen (secondary N) is 5. The highest BCUT2D eigenvalue weighted by Gasteiger charge is 2.55. The largest absolute Gasteiger partial charge is 0.477 e. The molecule has 1 fully saturated rings. The van der Waals surface area contributed by atoms with Gasteiger partial charge in [0, 0.05) is 38.0 Å². The number of carbonyl (C=O) groups excluding carboxylic acids is 4. The lowest BCUT2D eigenvalue weighted by molar-refractivity contribution is -0.310. The molecule has 6 atom stereocenters. The van der Waals surface area contributed by atoms with Crippen molar-refractivity contribution < 1.29 is 82.7 Å². The third-order valence-electron chi connectivity index (χ3n) is 9.76. The highest BCUT2D eigenvalue weighted by molar-refractivity contribution is 5.79. The van der Waals surface area contributed by atoms with E-state index in [1.807, 2.05) is 0 Å². The molecule has 3 rings (SSSR count). The Morgan fingerprint density at radius 2 is 1.46 bits per heavy atom. The number of nitrogens with zero attached hydrogens (tertiary/aromatic N) is 3. The minimum atomic E-state index is -2.49. The molecule has 378 valence electrons. The smallest absolute Gasteiger partial charge is 0.407 e. The van der Waals surface area contributed by atoms with Gasteiger partial charge >= 0.3 is 12.1 Å². The second-order valence-electron chi connectivity index (χ2n) is 16.4. The average molecular weight is 957 g/mol. The summed E-state index contributed by atoms with van der Waals surface area (Å²) in [7, 11) is 0. The predicted molar refractivity (Wildman–Crippen MR) is 233 cm³/mol. The first-order chi connectivity index (χ1) is 32.0. The number of benzene rings is 1. The normalized spacial score (nSPS) is 19.2. The summed E-state index contributed by atoms with van der Waals surface area (Å²) in [6.07, 6.45) is -6.04. The van der Waals surface area contributed by atoms with Crippen LogP contribution in [-0.4, -0.2) is 203 Å². The van der Waals surface area contributed by atoms with Gasteiger partial charge in [-0.15, -0.1) is 10.2 Å². The molecule has 1 aromatic heterocycles. The Kier molecular flexibility index (Phi) is 25.6. The van der Waals surface area contributed by atoms with Crippen LogP contribution in [0.25, 0.3) is 11.4 Å². The summed E-state index contributed by atoms with van der Waals surface area (Å²) < 4.78 is 38.3. The summed E-state index contributed by atoms with van der Waals surface area (Å²) in [6.45, 7) is 7.11. The number of tetrazole rings is 1. The Morgan fingerprint density at radius 3 is 2.07 bits per heavy atom. The van der Waals surface area contributed by atoms with Crippen LogP contribution in [0.3, 0.4) is 0 Å². The van der Waals surface area contributed by atoms with Crippen LogP contribution in [0.15, 0.2) is 24.3 Å². The molecule has 25 heteroatoms. The summed E-state index contributed by atoms with van der Waals surface area (Å²) in [5.74, 6) is -5.41. The van der Waals surface area contributed by atoms with Gasteiger partial charge in [-0.05, 0) is 44.4 Å². The van der Waals surface area contributed by atoms with E-state index in [2.05, 4.69) is 41.9 Å². The minimum Gasteiger partial charge on any atom is -0.477 e. The van der Waals surface area contributed by atoms with Crippen molar-refractivity contribution in [2.24, 2.45) is 0 Å². The summed E-state index contributed by atoms with van der Waals surface area (Å²) in [6, 6.07) is 5.26. The van der Waals surface area contributed by atoms with Crippen molar-refractivity contribution in [2.45, 2.75) is 108 Å². The number of H-pyrrole nitrogens is 1. The second kappa shape index (κ2) is 30.4. The topological polar surface area (TPSA) is 354 Å². The Morgan fingerprint density at radius 1 is 0.821 bits per heavy atom. The zero-order chi connectivity index (χ0) is 49.1. The molecule has 2 heterocycles. The van der Waals surface area contributed by atoms with Crippen molar-refractivity contribution in [1.82, 2.24) is 41.9 Å². The Hall–Kier alpha value is -4.96. The molecule has 10 N–H and O–H groups in total.